The maximum atomic E-state index is 13.2. The number of imide groups is 2. The molecule has 1 aliphatic heterocycles. The van der Waals surface area contributed by atoms with Crippen LogP contribution >= 0.6 is 0 Å². The van der Waals surface area contributed by atoms with Crippen LogP contribution in [-0.2, 0) is 9.59 Å². The molecule has 0 aliphatic carbocycles. The van der Waals surface area contributed by atoms with Crippen molar-refractivity contribution < 1.29 is 18.8 Å². The number of nitrogens with zero attached hydrogens (tertiary/aromatic N) is 1. The number of hydrogen-bond acceptors (Lipinski definition) is 3. The number of hydrogen-bond donors (Lipinski definition) is 1. The molecule has 0 spiro atoms. The van der Waals surface area contributed by atoms with Crippen LogP contribution < -0.4 is 10.2 Å². The summed E-state index contributed by atoms with van der Waals surface area (Å²) in [7, 11) is 0. The first-order valence-corrected chi connectivity index (χ1v) is 5.86. The number of amides is 4. The van der Waals surface area contributed by atoms with Crippen LogP contribution in [0.3, 0.4) is 0 Å². The molecule has 6 heteroatoms. The van der Waals surface area contributed by atoms with Crippen LogP contribution in [-0.4, -0.2) is 17.8 Å². The lowest BCUT2D eigenvalue weighted by Crippen LogP contribution is -2.59. The van der Waals surface area contributed by atoms with Crippen molar-refractivity contribution >= 4 is 23.5 Å². The van der Waals surface area contributed by atoms with E-state index in [1.807, 2.05) is 0 Å². The first kappa shape index (κ1) is 13.2. The van der Waals surface area contributed by atoms with E-state index >= 15 is 0 Å². The van der Waals surface area contributed by atoms with E-state index in [-0.39, 0.29) is 11.6 Å². The molecular formula is C13H13FN2O3. The van der Waals surface area contributed by atoms with Crippen molar-refractivity contribution in [2.45, 2.75) is 13.8 Å². The van der Waals surface area contributed by atoms with E-state index in [1.165, 1.54) is 18.2 Å². The summed E-state index contributed by atoms with van der Waals surface area (Å²) >= 11 is 0. The van der Waals surface area contributed by atoms with Crippen molar-refractivity contribution in [1.29, 1.82) is 0 Å². The topological polar surface area (TPSA) is 66.5 Å². The third kappa shape index (κ3) is 2.33. The van der Waals surface area contributed by atoms with E-state index in [4.69, 9.17) is 0 Å². The van der Waals surface area contributed by atoms with E-state index in [1.54, 1.807) is 13.8 Å². The van der Waals surface area contributed by atoms with Crippen LogP contribution in [0.25, 0.3) is 0 Å². The molecule has 0 bridgehead atoms. The molecule has 5 nitrogen and oxygen atoms in total. The van der Waals surface area contributed by atoms with Gasteiger partial charge in [0.25, 0.3) is 0 Å². The van der Waals surface area contributed by atoms with Crippen molar-refractivity contribution in [1.82, 2.24) is 5.32 Å². The summed E-state index contributed by atoms with van der Waals surface area (Å²) < 4.78 is 13.2. The van der Waals surface area contributed by atoms with Crippen LogP contribution in [0.4, 0.5) is 14.9 Å². The molecule has 0 aromatic heterocycles. The van der Waals surface area contributed by atoms with Crippen molar-refractivity contribution in [3.8, 4) is 0 Å². The summed E-state index contributed by atoms with van der Waals surface area (Å²) in [5.74, 6) is -3.00. The van der Waals surface area contributed by atoms with Gasteiger partial charge in [-0.05, 0) is 24.1 Å². The van der Waals surface area contributed by atoms with Gasteiger partial charge in [0.2, 0.25) is 11.8 Å². The van der Waals surface area contributed by atoms with Crippen molar-refractivity contribution in [3.05, 3.63) is 30.1 Å². The lowest BCUT2D eigenvalue weighted by Gasteiger charge is -2.31. The second-order valence-electron chi connectivity index (χ2n) is 4.67. The smallest absolute Gasteiger partial charge is 0.277 e. The summed E-state index contributed by atoms with van der Waals surface area (Å²) in [6, 6.07) is 4.27. The number of carbonyl (C=O) groups is 3. The molecule has 1 aromatic carbocycles. The molecule has 1 N–H and O–H groups in total. The molecule has 100 valence electrons. The highest BCUT2D eigenvalue weighted by Crippen LogP contribution is 2.24. The third-order valence-corrected chi connectivity index (χ3v) is 2.94. The second kappa shape index (κ2) is 4.79. The number of carbonyl (C=O) groups excluding carboxylic acids is 3. The number of barbiturate groups is 1. The Morgan fingerprint density at radius 1 is 1.26 bits per heavy atom. The molecule has 2 rings (SSSR count). The predicted octanol–water partition coefficient (Wildman–Crippen LogP) is 1.68. The monoisotopic (exact) mass is 264 g/mol. The highest BCUT2D eigenvalue weighted by molar-refractivity contribution is 6.27. The average molecular weight is 264 g/mol. The Morgan fingerprint density at radius 3 is 2.53 bits per heavy atom. The Hall–Kier alpha value is -2.24. The first-order valence-electron chi connectivity index (χ1n) is 5.86. The highest BCUT2D eigenvalue weighted by Gasteiger charge is 2.42. The predicted molar refractivity (Wildman–Crippen MR) is 65.8 cm³/mol. The van der Waals surface area contributed by atoms with Gasteiger partial charge in [0.15, 0.2) is 0 Å². The maximum Gasteiger partial charge on any atom is 0.335 e. The average Bonchev–Trinajstić information content (AvgIpc) is 2.27. The first-order chi connectivity index (χ1) is 8.91. The Bertz CT molecular complexity index is 557. The number of benzene rings is 1. The fourth-order valence-corrected chi connectivity index (χ4v) is 2.04. The van der Waals surface area contributed by atoms with Gasteiger partial charge in [0, 0.05) is 0 Å². The van der Waals surface area contributed by atoms with Crippen LogP contribution in [0.15, 0.2) is 24.3 Å². The molecule has 1 aromatic rings. The van der Waals surface area contributed by atoms with E-state index in [0.717, 1.165) is 11.0 Å². The molecule has 1 fully saturated rings. The summed E-state index contributed by atoms with van der Waals surface area (Å²) in [5.41, 5.74) is 0.112. The fraction of sp³-hybridized carbons (Fsp3) is 0.308. The van der Waals surface area contributed by atoms with E-state index < -0.39 is 29.6 Å². The van der Waals surface area contributed by atoms with Crippen LogP contribution in [0.2, 0.25) is 0 Å². The van der Waals surface area contributed by atoms with E-state index in [2.05, 4.69) is 5.32 Å². The van der Waals surface area contributed by atoms with Gasteiger partial charge in [-0.1, -0.05) is 19.9 Å². The number of nitrogens with one attached hydrogen (secondary N) is 1. The minimum absolute atomic E-state index is 0.112. The molecule has 19 heavy (non-hydrogen) atoms. The lowest BCUT2D eigenvalue weighted by molar-refractivity contribution is -0.136. The molecule has 1 heterocycles. The Balaban J connectivity index is 2.42. The summed E-state index contributed by atoms with van der Waals surface area (Å²) in [6.07, 6.45) is 0. The largest absolute Gasteiger partial charge is 0.335 e. The molecule has 0 saturated carbocycles. The maximum absolute atomic E-state index is 13.2. The number of anilines is 1. The molecule has 1 atom stereocenters. The minimum atomic E-state index is -0.944. The standard InChI is InChI=1S/C13H13FN2O3/c1-7(2)10-11(17)15-13(19)16(12(10)18)9-5-3-4-8(14)6-9/h3-7,10H,1-2H3,(H,15,17,19). The minimum Gasteiger partial charge on any atom is -0.277 e. The van der Waals surface area contributed by atoms with Gasteiger partial charge in [-0.2, -0.15) is 0 Å². The van der Waals surface area contributed by atoms with Crippen LogP contribution in [0, 0.1) is 17.7 Å². The van der Waals surface area contributed by atoms with Gasteiger partial charge in [-0.25, -0.2) is 14.1 Å². The fourth-order valence-electron chi connectivity index (χ4n) is 2.04. The molecular weight excluding hydrogens is 251 g/mol. The quantitative estimate of drug-likeness (QED) is 0.826. The van der Waals surface area contributed by atoms with Gasteiger partial charge in [-0.15, -0.1) is 0 Å². The Kier molecular flexibility index (Phi) is 3.33. The van der Waals surface area contributed by atoms with Gasteiger partial charge in [0.05, 0.1) is 5.69 Å². The van der Waals surface area contributed by atoms with Crippen molar-refractivity contribution in [3.63, 3.8) is 0 Å². The normalized spacial score (nSPS) is 19.9. The van der Waals surface area contributed by atoms with E-state index in [0.29, 0.717) is 0 Å². The molecule has 1 unspecified atom stereocenters. The molecule has 0 radical (unpaired) electrons. The van der Waals surface area contributed by atoms with Crippen LogP contribution in [0.5, 0.6) is 0 Å². The lowest BCUT2D eigenvalue weighted by atomic mass is 9.92. The van der Waals surface area contributed by atoms with Crippen LogP contribution in [0.1, 0.15) is 13.8 Å². The third-order valence-electron chi connectivity index (χ3n) is 2.94. The zero-order chi connectivity index (χ0) is 14.2. The summed E-state index contributed by atoms with van der Waals surface area (Å²) in [6.45, 7) is 3.42. The molecule has 1 saturated heterocycles. The molecule has 4 amide bonds. The highest BCUT2D eigenvalue weighted by atomic mass is 19.1. The van der Waals surface area contributed by atoms with Gasteiger partial charge in [0.1, 0.15) is 11.7 Å². The number of halogens is 1. The number of urea groups is 1. The zero-order valence-electron chi connectivity index (χ0n) is 10.5. The summed E-state index contributed by atoms with van der Waals surface area (Å²) in [5, 5.41) is 2.11. The zero-order valence-corrected chi connectivity index (χ0v) is 10.5. The van der Waals surface area contributed by atoms with Gasteiger partial charge >= 0.3 is 6.03 Å². The van der Waals surface area contributed by atoms with Crippen molar-refractivity contribution in [2.75, 3.05) is 4.90 Å². The van der Waals surface area contributed by atoms with Gasteiger partial charge in [-0.3, -0.25) is 14.9 Å². The summed E-state index contributed by atoms with van der Waals surface area (Å²) in [4.78, 5) is 36.4. The Morgan fingerprint density at radius 2 is 1.95 bits per heavy atom. The molecule has 1 aliphatic rings. The Labute approximate surface area is 109 Å². The van der Waals surface area contributed by atoms with Crippen molar-refractivity contribution in [2.24, 2.45) is 11.8 Å². The SMILES string of the molecule is CC(C)C1C(=O)NC(=O)N(c2cccc(F)c2)C1=O. The van der Waals surface area contributed by atoms with Gasteiger partial charge < -0.3 is 0 Å². The number of rotatable bonds is 2. The second-order valence-corrected chi connectivity index (χ2v) is 4.67. The van der Waals surface area contributed by atoms with E-state index in [9.17, 15) is 18.8 Å².